The van der Waals surface area contributed by atoms with Crippen molar-refractivity contribution in [3.8, 4) is 5.75 Å². The quantitative estimate of drug-likeness (QED) is 0.836. The summed E-state index contributed by atoms with van der Waals surface area (Å²) in [4.78, 5) is 3.88. The van der Waals surface area contributed by atoms with Gasteiger partial charge in [-0.1, -0.05) is 12.1 Å². The van der Waals surface area contributed by atoms with Gasteiger partial charge in [0.25, 0.3) is 0 Å². The highest BCUT2D eigenvalue weighted by Gasteiger charge is 2.13. The standard InChI is InChI=1S/C14H17N3O3S/c1-20-12-4-2-11(3-5-12)8-9-17-21(18,19)13-6-7-14(15)16-10-13/h2-7,10,17H,8-9H2,1H3,(H2,15,16). The molecule has 1 aromatic heterocycles. The first-order valence-electron chi connectivity index (χ1n) is 6.35. The van der Waals surface area contributed by atoms with Crippen LogP contribution in [0.15, 0.2) is 47.5 Å². The van der Waals surface area contributed by atoms with E-state index in [-0.39, 0.29) is 10.7 Å². The van der Waals surface area contributed by atoms with E-state index >= 15 is 0 Å². The highest BCUT2D eigenvalue weighted by atomic mass is 32.2. The van der Waals surface area contributed by atoms with Crippen LogP contribution in [0.4, 0.5) is 5.82 Å². The zero-order valence-electron chi connectivity index (χ0n) is 11.6. The molecular weight excluding hydrogens is 290 g/mol. The topological polar surface area (TPSA) is 94.3 Å². The molecule has 0 saturated carbocycles. The van der Waals surface area contributed by atoms with E-state index in [9.17, 15) is 8.42 Å². The van der Waals surface area contributed by atoms with Gasteiger partial charge in [-0.2, -0.15) is 0 Å². The molecule has 0 aliphatic rings. The van der Waals surface area contributed by atoms with Crippen LogP contribution in [0.25, 0.3) is 0 Å². The SMILES string of the molecule is COc1ccc(CCNS(=O)(=O)c2ccc(N)nc2)cc1. The van der Waals surface area contributed by atoms with Crippen LogP contribution in [0, 0.1) is 0 Å². The predicted octanol–water partition coefficient (Wildman–Crippen LogP) is 1.19. The molecule has 21 heavy (non-hydrogen) atoms. The van der Waals surface area contributed by atoms with Crippen molar-refractivity contribution >= 4 is 15.8 Å². The average molecular weight is 307 g/mol. The molecule has 1 aromatic carbocycles. The number of ether oxygens (including phenoxy) is 1. The number of anilines is 1. The van der Waals surface area contributed by atoms with Gasteiger partial charge in [0.05, 0.1) is 7.11 Å². The van der Waals surface area contributed by atoms with E-state index in [2.05, 4.69) is 9.71 Å². The molecule has 0 fully saturated rings. The predicted molar refractivity (Wildman–Crippen MR) is 80.5 cm³/mol. The van der Waals surface area contributed by atoms with E-state index in [0.29, 0.717) is 13.0 Å². The van der Waals surface area contributed by atoms with E-state index in [1.165, 1.54) is 18.3 Å². The maximum atomic E-state index is 12.0. The number of nitrogens with two attached hydrogens (primary N) is 1. The van der Waals surface area contributed by atoms with Crippen LogP contribution in [-0.2, 0) is 16.4 Å². The first-order chi connectivity index (χ1) is 10.0. The minimum atomic E-state index is -3.55. The number of aromatic nitrogens is 1. The molecule has 6 nitrogen and oxygen atoms in total. The van der Waals surface area contributed by atoms with Crippen molar-refractivity contribution in [3.05, 3.63) is 48.2 Å². The van der Waals surface area contributed by atoms with Crippen LogP contribution in [-0.4, -0.2) is 27.1 Å². The number of nitrogens with one attached hydrogen (secondary N) is 1. The fourth-order valence-electron chi connectivity index (χ4n) is 1.76. The minimum absolute atomic E-state index is 0.103. The Bertz CT molecular complexity index is 682. The number of nitrogens with zero attached hydrogens (tertiary/aromatic N) is 1. The Labute approximate surface area is 124 Å². The summed E-state index contributed by atoms with van der Waals surface area (Å²) in [6.45, 7) is 0.305. The van der Waals surface area contributed by atoms with Crippen LogP contribution in [0.5, 0.6) is 5.75 Å². The minimum Gasteiger partial charge on any atom is -0.497 e. The zero-order chi connectivity index (χ0) is 15.3. The number of hydrogen-bond acceptors (Lipinski definition) is 5. The average Bonchev–Trinajstić information content (AvgIpc) is 2.48. The molecule has 0 unspecified atom stereocenters. The number of rotatable bonds is 6. The van der Waals surface area contributed by atoms with E-state index in [0.717, 1.165) is 11.3 Å². The molecule has 7 heteroatoms. The molecule has 2 rings (SSSR count). The van der Waals surface area contributed by atoms with Gasteiger partial charge < -0.3 is 10.5 Å². The summed E-state index contributed by atoms with van der Waals surface area (Å²) >= 11 is 0. The first-order valence-corrected chi connectivity index (χ1v) is 7.84. The molecule has 0 aliphatic heterocycles. The normalized spacial score (nSPS) is 11.3. The Morgan fingerprint density at radius 3 is 2.48 bits per heavy atom. The van der Waals surface area contributed by atoms with E-state index in [1.807, 2.05) is 24.3 Å². The molecule has 1 heterocycles. The largest absolute Gasteiger partial charge is 0.497 e. The fraction of sp³-hybridized carbons (Fsp3) is 0.214. The molecule has 3 N–H and O–H groups in total. The summed E-state index contributed by atoms with van der Waals surface area (Å²) in [5.41, 5.74) is 6.46. The van der Waals surface area contributed by atoms with Gasteiger partial charge in [-0.05, 0) is 36.2 Å². The Kier molecular flexibility index (Phi) is 4.77. The van der Waals surface area contributed by atoms with Crippen LogP contribution >= 0.6 is 0 Å². The molecule has 0 spiro atoms. The van der Waals surface area contributed by atoms with Crippen molar-refractivity contribution in [2.45, 2.75) is 11.3 Å². The summed E-state index contributed by atoms with van der Waals surface area (Å²) < 4.78 is 31.6. The molecule has 0 atom stereocenters. The Balaban J connectivity index is 1.93. The van der Waals surface area contributed by atoms with Gasteiger partial charge in [0.2, 0.25) is 10.0 Å². The van der Waals surface area contributed by atoms with Crippen molar-refractivity contribution in [1.82, 2.24) is 9.71 Å². The number of nitrogen functional groups attached to an aromatic ring is 1. The van der Waals surface area contributed by atoms with Crippen molar-refractivity contribution in [2.75, 3.05) is 19.4 Å². The second-order valence-electron chi connectivity index (χ2n) is 4.41. The van der Waals surface area contributed by atoms with Crippen molar-refractivity contribution in [3.63, 3.8) is 0 Å². The summed E-state index contributed by atoms with van der Waals surface area (Å²) in [6.07, 6.45) is 1.83. The van der Waals surface area contributed by atoms with Gasteiger partial charge in [-0.3, -0.25) is 0 Å². The van der Waals surface area contributed by atoms with Gasteiger partial charge >= 0.3 is 0 Å². The summed E-state index contributed by atoms with van der Waals surface area (Å²) in [6, 6.07) is 10.4. The summed E-state index contributed by atoms with van der Waals surface area (Å²) in [7, 11) is -1.95. The van der Waals surface area contributed by atoms with E-state index in [4.69, 9.17) is 10.5 Å². The third-order valence-corrected chi connectivity index (χ3v) is 4.38. The highest BCUT2D eigenvalue weighted by Crippen LogP contribution is 2.12. The first kappa shape index (κ1) is 15.3. The van der Waals surface area contributed by atoms with Gasteiger partial charge in [-0.15, -0.1) is 0 Å². The van der Waals surface area contributed by atoms with E-state index < -0.39 is 10.0 Å². The molecule has 2 aromatic rings. The number of benzene rings is 1. The maximum absolute atomic E-state index is 12.0. The lowest BCUT2D eigenvalue weighted by Crippen LogP contribution is -2.26. The number of pyridine rings is 1. The third-order valence-electron chi connectivity index (χ3n) is 2.93. The van der Waals surface area contributed by atoms with Crippen LogP contribution in [0.2, 0.25) is 0 Å². The molecule has 0 aliphatic carbocycles. The van der Waals surface area contributed by atoms with Crippen molar-refractivity contribution < 1.29 is 13.2 Å². The van der Waals surface area contributed by atoms with Crippen molar-refractivity contribution in [2.24, 2.45) is 0 Å². The zero-order valence-corrected chi connectivity index (χ0v) is 12.4. The second kappa shape index (κ2) is 6.55. The van der Waals surface area contributed by atoms with Crippen LogP contribution < -0.4 is 15.2 Å². The fourth-order valence-corrected chi connectivity index (χ4v) is 2.73. The van der Waals surface area contributed by atoms with Gasteiger partial charge in [0.1, 0.15) is 16.5 Å². The number of sulfonamides is 1. The lowest BCUT2D eigenvalue weighted by molar-refractivity contribution is 0.414. The van der Waals surface area contributed by atoms with Gasteiger partial charge in [0, 0.05) is 12.7 Å². The molecular formula is C14H17N3O3S. The van der Waals surface area contributed by atoms with Gasteiger partial charge in [-0.25, -0.2) is 18.1 Å². The second-order valence-corrected chi connectivity index (χ2v) is 6.18. The number of hydrogen-bond donors (Lipinski definition) is 2. The lowest BCUT2D eigenvalue weighted by atomic mass is 10.1. The Morgan fingerprint density at radius 2 is 1.90 bits per heavy atom. The van der Waals surface area contributed by atoms with E-state index in [1.54, 1.807) is 7.11 Å². The molecule has 0 radical (unpaired) electrons. The third kappa shape index (κ3) is 4.17. The molecule has 112 valence electrons. The molecule has 0 bridgehead atoms. The molecule has 0 amide bonds. The van der Waals surface area contributed by atoms with Crippen molar-refractivity contribution in [1.29, 1.82) is 0 Å². The summed E-state index contributed by atoms with van der Waals surface area (Å²) in [5.74, 6) is 1.06. The Morgan fingerprint density at radius 1 is 1.19 bits per heavy atom. The maximum Gasteiger partial charge on any atom is 0.242 e. The highest BCUT2D eigenvalue weighted by molar-refractivity contribution is 7.89. The van der Waals surface area contributed by atoms with Crippen LogP contribution in [0.3, 0.4) is 0 Å². The number of methoxy groups -OCH3 is 1. The van der Waals surface area contributed by atoms with Crippen LogP contribution in [0.1, 0.15) is 5.56 Å². The Hall–Kier alpha value is -2.12. The van der Waals surface area contributed by atoms with Gasteiger partial charge in [0.15, 0.2) is 0 Å². The molecule has 0 saturated heterocycles. The summed E-state index contributed by atoms with van der Waals surface area (Å²) in [5, 5.41) is 0. The monoisotopic (exact) mass is 307 g/mol. The lowest BCUT2D eigenvalue weighted by Gasteiger charge is -2.07. The smallest absolute Gasteiger partial charge is 0.242 e.